The van der Waals surface area contributed by atoms with Crippen LogP contribution in [0.1, 0.15) is 28.7 Å². The fourth-order valence-electron chi connectivity index (χ4n) is 1.96. The molecule has 2 aromatic heterocycles. The summed E-state index contributed by atoms with van der Waals surface area (Å²) in [7, 11) is 1.58. The van der Waals surface area contributed by atoms with Crippen molar-refractivity contribution >= 4 is 17.5 Å². The van der Waals surface area contributed by atoms with E-state index in [0.717, 1.165) is 0 Å². The number of nitrogens with zero attached hydrogens (tertiary/aromatic N) is 3. The van der Waals surface area contributed by atoms with Crippen molar-refractivity contribution in [1.82, 2.24) is 20.1 Å². The summed E-state index contributed by atoms with van der Waals surface area (Å²) in [5.41, 5.74) is 1.72. The summed E-state index contributed by atoms with van der Waals surface area (Å²) >= 11 is 6.16. The Morgan fingerprint density at radius 1 is 1.52 bits per heavy atom. The number of carbonyl (C=O) groups is 1. The molecule has 112 valence electrons. The van der Waals surface area contributed by atoms with Crippen molar-refractivity contribution in [1.29, 1.82) is 0 Å². The molecular weight excluding hydrogens is 292 g/mol. The average Bonchev–Trinajstić information content (AvgIpc) is 2.79. The first-order chi connectivity index (χ1) is 10.1. The third-order valence-electron chi connectivity index (χ3n) is 3.05. The van der Waals surface area contributed by atoms with Gasteiger partial charge in [-0.2, -0.15) is 5.10 Å². The van der Waals surface area contributed by atoms with E-state index in [4.69, 9.17) is 16.3 Å². The molecule has 0 aliphatic heterocycles. The zero-order valence-corrected chi connectivity index (χ0v) is 12.9. The van der Waals surface area contributed by atoms with Crippen molar-refractivity contribution in [2.45, 2.75) is 26.9 Å². The summed E-state index contributed by atoms with van der Waals surface area (Å²) in [5, 5.41) is 7.36. The summed E-state index contributed by atoms with van der Waals surface area (Å²) in [4.78, 5) is 16.4. The lowest BCUT2D eigenvalue weighted by atomic mass is 10.2. The number of nitrogens with one attached hydrogen (secondary N) is 1. The molecule has 21 heavy (non-hydrogen) atoms. The van der Waals surface area contributed by atoms with E-state index in [2.05, 4.69) is 15.4 Å². The minimum atomic E-state index is -0.262. The molecule has 0 atom stereocenters. The molecular formula is C14H17ClN4O2. The number of hydrogen-bond acceptors (Lipinski definition) is 4. The quantitative estimate of drug-likeness (QED) is 0.919. The van der Waals surface area contributed by atoms with Gasteiger partial charge in [-0.15, -0.1) is 0 Å². The molecule has 7 heteroatoms. The summed E-state index contributed by atoms with van der Waals surface area (Å²) in [5.74, 6) is 0.434. The number of hydrogen-bond donors (Lipinski definition) is 1. The van der Waals surface area contributed by atoms with E-state index in [1.165, 1.54) is 0 Å². The standard InChI is InChI=1S/C14H17ClN4O2/c1-4-19-13(15)12(9(2)18-19)14(20)17-8-10-7-11(21-3)5-6-16-10/h5-7H,4,8H2,1-3H3,(H,17,20). The van der Waals surface area contributed by atoms with E-state index in [9.17, 15) is 4.79 Å². The maximum absolute atomic E-state index is 12.2. The smallest absolute Gasteiger partial charge is 0.256 e. The van der Waals surface area contributed by atoms with Gasteiger partial charge < -0.3 is 10.1 Å². The molecule has 0 saturated carbocycles. The van der Waals surface area contributed by atoms with E-state index in [-0.39, 0.29) is 5.91 Å². The Balaban J connectivity index is 2.10. The van der Waals surface area contributed by atoms with Gasteiger partial charge >= 0.3 is 0 Å². The highest BCUT2D eigenvalue weighted by Crippen LogP contribution is 2.19. The first-order valence-corrected chi connectivity index (χ1v) is 6.94. The normalized spacial score (nSPS) is 10.5. The van der Waals surface area contributed by atoms with E-state index >= 15 is 0 Å². The second-order valence-corrected chi connectivity index (χ2v) is 4.79. The van der Waals surface area contributed by atoms with Crippen LogP contribution in [-0.2, 0) is 13.1 Å². The highest BCUT2D eigenvalue weighted by molar-refractivity contribution is 6.33. The number of amides is 1. The highest BCUT2D eigenvalue weighted by atomic mass is 35.5. The van der Waals surface area contributed by atoms with Crippen LogP contribution in [0.15, 0.2) is 18.3 Å². The number of ether oxygens (including phenoxy) is 1. The Morgan fingerprint density at radius 3 is 2.90 bits per heavy atom. The van der Waals surface area contributed by atoms with Crippen LogP contribution in [-0.4, -0.2) is 27.8 Å². The first-order valence-electron chi connectivity index (χ1n) is 6.56. The van der Waals surface area contributed by atoms with Crippen LogP contribution in [0, 0.1) is 6.92 Å². The molecule has 0 bridgehead atoms. The van der Waals surface area contributed by atoms with Crippen molar-refractivity contribution in [3.05, 3.63) is 40.4 Å². The number of rotatable bonds is 5. The summed E-state index contributed by atoms with van der Waals surface area (Å²) < 4.78 is 6.71. The van der Waals surface area contributed by atoms with Crippen LogP contribution in [0.5, 0.6) is 5.75 Å². The minimum Gasteiger partial charge on any atom is -0.497 e. The predicted octanol–water partition coefficient (Wildman–Crippen LogP) is 2.20. The Labute approximate surface area is 128 Å². The van der Waals surface area contributed by atoms with Crippen LogP contribution in [0.3, 0.4) is 0 Å². The van der Waals surface area contributed by atoms with Crippen molar-refractivity contribution in [2.75, 3.05) is 7.11 Å². The van der Waals surface area contributed by atoms with Gasteiger partial charge in [0.1, 0.15) is 10.9 Å². The molecule has 1 N–H and O–H groups in total. The zero-order chi connectivity index (χ0) is 15.4. The maximum Gasteiger partial charge on any atom is 0.256 e. The summed E-state index contributed by atoms with van der Waals surface area (Å²) in [6, 6.07) is 3.52. The fraction of sp³-hybridized carbons (Fsp3) is 0.357. The van der Waals surface area contributed by atoms with Gasteiger partial charge in [0.15, 0.2) is 0 Å². The summed E-state index contributed by atoms with van der Waals surface area (Å²) in [6.45, 7) is 4.59. The van der Waals surface area contributed by atoms with E-state index in [1.54, 1.807) is 37.0 Å². The fourth-order valence-corrected chi connectivity index (χ4v) is 2.34. The van der Waals surface area contributed by atoms with E-state index in [0.29, 0.717) is 40.9 Å². The molecule has 1 amide bonds. The van der Waals surface area contributed by atoms with Gasteiger partial charge in [0.25, 0.3) is 5.91 Å². The van der Waals surface area contributed by atoms with E-state index < -0.39 is 0 Å². The van der Waals surface area contributed by atoms with Crippen molar-refractivity contribution in [3.8, 4) is 5.75 Å². The second-order valence-electron chi connectivity index (χ2n) is 4.44. The number of carbonyl (C=O) groups excluding carboxylic acids is 1. The monoisotopic (exact) mass is 308 g/mol. The molecule has 0 radical (unpaired) electrons. The molecule has 0 aromatic carbocycles. The maximum atomic E-state index is 12.2. The van der Waals surface area contributed by atoms with E-state index in [1.807, 2.05) is 6.92 Å². The second kappa shape index (κ2) is 6.58. The van der Waals surface area contributed by atoms with Crippen molar-refractivity contribution in [2.24, 2.45) is 0 Å². The molecule has 0 fully saturated rings. The lowest BCUT2D eigenvalue weighted by molar-refractivity contribution is 0.0950. The number of halogens is 1. The number of aryl methyl sites for hydroxylation is 2. The molecule has 0 unspecified atom stereocenters. The number of methoxy groups -OCH3 is 1. The zero-order valence-electron chi connectivity index (χ0n) is 12.2. The largest absolute Gasteiger partial charge is 0.497 e. The SMILES string of the molecule is CCn1nc(C)c(C(=O)NCc2cc(OC)ccn2)c1Cl. The lowest BCUT2D eigenvalue weighted by Gasteiger charge is -2.06. The number of pyridine rings is 1. The summed E-state index contributed by atoms with van der Waals surface area (Å²) in [6.07, 6.45) is 1.63. The molecule has 0 aliphatic carbocycles. The van der Waals surface area contributed by atoms with Gasteiger partial charge in [-0.3, -0.25) is 14.5 Å². The lowest BCUT2D eigenvalue weighted by Crippen LogP contribution is -2.24. The Morgan fingerprint density at radius 2 is 2.29 bits per heavy atom. The van der Waals surface area contributed by atoms with Gasteiger partial charge in [0.05, 0.1) is 30.6 Å². The first kappa shape index (κ1) is 15.3. The van der Waals surface area contributed by atoms with Crippen LogP contribution < -0.4 is 10.1 Å². The van der Waals surface area contributed by atoms with Gasteiger partial charge in [0, 0.05) is 18.8 Å². The third-order valence-corrected chi connectivity index (χ3v) is 3.43. The van der Waals surface area contributed by atoms with Gasteiger partial charge in [-0.1, -0.05) is 11.6 Å². The van der Waals surface area contributed by atoms with Gasteiger partial charge in [-0.05, 0) is 19.9 Å². The van der Waals surface area contributed by atoms with Crippen molar-refractivity contribution in [3.63, 3.8) is 0 Å². The van der Waals surface area contributed by atoms with Crippen LogP contribution >= 0.6 is 11.6 Å². The number of aromatic nitrogens is 3. The highest BCUT2D eigenvalue weighted by Gasteiger charge is 2.19. The Kier molecular flexibility index (Phi) is 4.80. The van der Waals surface area contributed by atoms with Gasteiger partial charge in [0.2, 0.25) is 0 Å². The Hall–Kier alpha value is -2.08. The molecule has 2 rings (SSSR count). The van der Waals surface area contributed by atoms with Crippen molar-refractivity contribution < 1.29 is 9.53 Å². The van der Waals surface area contributed by atoms with Crippen LogP contribution in [0.25, 0.3) is 0 Å². The average molecular weight is 309 g/mol. The molecule has 0 spiro atoms. The molecule has 6 nitrogen and oxygen atoms in total. The van der Waals surface area contributed by atoms with Crippen LogP contribution in [0.2, 0.25) is 5.15 Å². The van der Waals surface area contributed by atoms with Crippen LogP contribution in [0.4, 0.5) is 0 Å². The Bertz CT molecular complexity index is 654. The molecule has 2 heterocycles. The molecule has 2 aromatic rings. The third kappa shape index (κ3) is 3.33. The van der Waals surface area contributed by atoms with Gasteiger partial charge in [-0.25, -0.2) is 0 Å². The molecule has 0 aliphatic rings. The topological polar surface area (TPSA) is 69.0 Å². The molecule has 0 saturated heterocycles. The predicted molar refractivity (Wildman–Crippen MR) is 79.6 cm³/mol. The minimum absolute atomic E-state index is 0.262.